The van der Waals surface area contributed by atoms with Gasteiger partial charge in [-0.2, -0.15) is 5.10 Å². The predicted molar refractivity (Wildman–Crippen MR) is 90.8 cm³/mol. The number of aromatic nitrogens is 2. The van der Waals surface area contributed by atoms with Gasteiger partial charge in [0.1, 0.15) is 0 Å². The van der Waals surface area contributed by atoms with E-state index in [4.69, 9.17) is 5.73 Å². The van der Waals surface area contributed by atoms with E-state index in [0.29, 0.717) is 6.54 Å². The van der Waals surface area contributed by atoms with Crippen LogP contribution in [0.5, 0.6) is 0 Å². The minimum atomic E-state index is -0.551. The normalized spacial score (nSPS) is 10.6. The van der Waals surface area contributed by atoms with E-state index < -0.39 is 10.8 Å². The highest BCUT2D eigenvalue weighted by atomic mass is 16.6. The number of benzene rings is 1. The van der Waals surface area contributed by atoms with Gasteiger partial charge in [0.05, 0.1) is 16.2 Å². The van der Waals surface area contributed by atoms with E-state index in [9.17, 15) is 14.9 Å². The quantitative estimate of drug-likeness (QED) is 0.363. The van der Waals surface area contributed by atoms with Gasteiger partial charge in [0.2, 0.25) is 0 Å². The summed E-state index contributed by atoms with van der Waals surface area (Å²) in [5, 5.41) is 17.9. The van der Waals surface area contributed by atoms with E-state index in [1.165, 1.54) is 23.8 Å². The van der Waals surface area contributed by atoms with Gasteiger partial charge in [0.15, 0.2) is 0 Å². The fourth-order valence-electron chi connectivity index (χ4n) is 2.60. The molecule has 1 amide bonds. The zero-order chi connectivity index (χ0) is 17.9. The standard InChI is InChI=1S/C16H21N5O3/c1-10-13(11(2)20(3)19-10)5-4-8-18-16(22)14-9-12(21(23)24)6-7-15(14)17/h6-7,9H,4-5,8,17H2,1-3H3,(H,18,22). The Kier molecular flexibility index (Phi) is 5.18. The number of rotatable bonds is 6. The third-order valence-electron chi connectivity index (χ3n) is 4.04. The van der Waals surface area contributed by atoms with Crippen LogP contribution in [0, 0.1) is 24.0 Å². The van der Waals surface area contributed by atoms with Crippen molar-refractivity contribution in [3.05, 3.63) is 50.8 Å². The fraction of sp³-hybridized carbons (Fsp3) is 0.375. The number of nitro groups is 1. The predicted octanol–water partition coefficient (Wildman–Crippen LogP) is 1.89. The Morgan fingerprint density at radius 3 is 2.71 bits per heavy atom. The average Bonchev–Trinajstić information content (AvgIpc) is 2.77. The van der Waals surface area contributed by atoms with Gasteiger partial charge in [-0.05, 0) is 38.3 Å². The van der Waals surface area contributed by atoms with Crippen LogP contribution < -0.4 is 11.1 Å². The average molecular weight is 331 g/mol. The Bertz CT molecular complexity index is 782. The van der Waals surface area contributed by atoms with Crippen molar-refractivity contribution in [1.82, 2.24) is 15.1 Å². The van der Waals surface area contributed by atoms with Crippen molar-refractivity contribution >= 4 is 17.3 Å². The number of aryl methyl sites for hydroxylation is 2. The number of carbonyl (C=O) groups is 1. The van der Waals surface area contributed by atoms with Crippen LogP contribution in [-0.4, -0.2) is 27.2 Å². The molecule has 0 unspecified atom stereocenters. The Balaban J connectivity index is 1.94. The number of anilines is 1. The maximum absolute atomic E-state index is 12.2. The highest BCUT2D eigenvalue weighted by Gasteiger charge is 2.15. The minimum Gasteiger partial charge on any atom is -0.398 e. The number of hydrogen-bond donors (Lipinski definition) is 2. The molecule has 2 rings (SSSR count). The van der Waals surface area contributed by atoms with E-state index in [0.717, 1.165) is 24.2 Å². The molecule has 0 saturated carbocycles. The van der Waals surface area contributed by atoms with Crippen molar-refractivity contribution in [3.63, 3.8) is 0 Å². The summed E-state index contributed by atoms with van der Waals surface area (Å²) < 4.78 is 1.84. The molecule has 2 aromatic rings. The molecule has 0 bridgehead atoms. The van der Waals surface area contributed by atoms with Crippen molar-refractivity contribution in [2.45, 2.75) is 26.7 Å². The summed E-state index contributed by atoms with van der Waals surface area (Å²) in [6.07, 6.45) is 1.55. The Morgan fingerprint density at radius 2 is 2.12 bits per heavy atom. The van der Waals surface area contributed by atoms with Crippen molar-refractivity contribution in [1.29, 1.82) is 0 Å². The van der Waals surface area contributed by atoms with Gasteiger partial charge < -0.3 is 11.1 Å². The molecule has 8 nitrogen and oxygen atoms in total. The van der Waals surface area contributed by atoms with Gasteiger partial charge in [-0.25, -0.2) is 0 Å². The van der Waals surface area contributed by atoms with Gasteiger partial charge in [-0.3, -0.25) is 19.6 Å². The Hall–Kier alpha value is -2.90. The van der Waals surface area contributed by atoms with Crippen LogP contribution in [0.2, 0.25) is 0 Å². The van der Waals surface area contributed by atoms with Crippen LogP contribution in [-0.2, 0) is 13.5 Å². The first-order valence-corrected chi connectivity index (χ1v) is 7.62. The first kappa shape index (κ1) is 17.5. The highest BCUT2D eigenvalue weighted by Crippen LogP contribution is 2.19. The number of hydrogen-bond acceptors (Lipinski definition) is 5. The maximum Gasteiger partial charge on any atom is 0.270 e. The molecule has 0 atom stereocenters. The molecule has 0 aliphatic carbocycles. The first-order valence-electron chi connectivity index (χ1n) is 7.62. The molecule has 0 aliphatic heterocycles. The molecule has 0 aliphatic rings. The summed E-state index contributed by atoms with van der Waals surface area (Å²) in [5.74, 6) is -0.407. The lowest BCUT2D eigenvalue weighted by molar-refractivity contribution is -0.384. The lowest BCUT2D eigenvalue weighted by Crippen LogP contribution is -2.25. The largest absolute Gasteiger partial charge is 0.398 e. The molecule has 0 spiro atoms. The van der Waals surface area contributed by atoms with Gasteiger partial charge >= 0.3 is 0 Å². The number of carbonyl (C=O) groups excluding carboxylic acids is 1. The fourth-order valence-corrected chi connectivity index (χ4v) is 2.60. The molecule has 0 saturated heterocycles. The van der Waals surface area contributed by atoms with Crippen molar-refractivity contribution in [2.24, 2.45) is 7.05 Å². The lowest BCUT2D eigenvalue weighted by Gasteiger charge is -2.08. The van der Waals surface area contributed by atoms with Gasteiger partial charge in [0, 0.05) is 37.1 Å². The van der Waals surface area contributed by atoms with Gasteiger partial charge in [-0.1, -0.05) is 0 Å². The highest BCUT2D eigenvalue weighted by molar-refractivity contribution is 5.99. The number of nitrogens with two attached hydrogens (primary N) is 1. The number of non-ortho nitro benzene ring substituents is 1. The molecule has 0 radical (unpaired) electrons. The van der Waals surface area contributed by atoms with E-state index in [1.807, 2.05) is 25.6 Å². The molecule has 1 aromatic carbocycles. The summed E-state index contributed by atoms with van der Waals surface area (Å²) in [5.41, 5.74) is 9.20. The van der Waals surface area contributed by atoms with E-state index in [2.05, 4.69) is 10.4 Å². The smallest absolute Gasteiger partial charge is 0.270 e. The van der Waals surface area contributed by atoms with Crippen LogP contribution in [0.25, 0.3) is 0 Å². The summed E-state index contributed by atoms with van der Waals surface area (Å²) in [4.78, 5) is 22.4. The SMILES string of the molecule is Cc1nn(C)c(C)c1CCCNC(=O)c1cc([N+](=O)[O-])ccc1N. The molecule has 1 aromatic heterocycles. The van der Waals surface area contributed by atoms with Crippen LogP contribution in [0.3, 0.4) is 0 Å². The summed E-state index contributed by atoms with van der Waals surface area (Å²) >= 11 is 0. The van der Waals surface area contributed by atoms with E-state index in [1.54, 1.807) is 0 Å². The third kappa shape index (κ3) is 3.70. The van der Waals surface area contributed by atoms with E-state index >= 15 is 0 Å². The van der Waals surface area contributed by atoms with Gasteiger partial charge in [-0.15, -0.1) is 0 Å². The van der Waals surface area contributed by atoms with Gasteiger partial charge in [0.25, 0.3) is 11.6 Å². The van der Waals surface area contributed by atoms with Crippen molar-refractivity contribution in [2.75, 3.05) is 12.3 Å². The number of nitro benzene ring substituents is 1. The number of nitrogen functional groups attached to an aromatic ring is 1. The second-order valence-electron chi connectivity index (χ2n) is 5.66. The second-order valence-corrected chi connectivity index (χ2v) is 5.66. The minimum absolute atomic E-state index is 0.123. The van der Waals surface area contributed by atoms with Crippen molar-refractivity contribution in [3.8, 4) is 0 Å². The molecule has 3 N–H and O–H groups in total. The molecular weight excluding hydrogens is 310 g/mol. The lowest BCUT2D eigenvalue weighted by atomic mass is 10.1. The molecule has 1 heterocycles. The van der Waals surface area contributed by atoms with Crippen LogP contribution in [0.4, 0.5) is 11.4 Å². The Labute approximate surface area is 139 Å². The maximum atomic E-state index is 12.2. The summed E-state index contributed by atoms with van der Waals surface area (Å²) in [7, 11) is 1.90. The first-order chi connectivity index (χ1) is 11.3. The molecule has 0 fully saturated rings. The third-order valence-corrected chi connectivity index (χ3v) is 4.04. The van der Waals surface area contributed by atoms with E-state index in [-0.39, 0.29) is 16.9 Å². The topological polar surface area (TPSA) is 116 Å². The molecule has 24 heavy (non-hydrogen) atoms. The molecule has 8 heteroatoms. The van der Waals surface area contributed by atoms with Crippen LogP contribution >= 0.6 is 0 Å². The molecular formula is C16H21N5O3. The van der Waals surface area contributed by atoms with Crippen LogP contribution in [0.1, 0.15) is 33.7 Å². The van der Waals surface area contributed by atoms with Crippen molar-refractivity contribution < 1.29 is 9.72 Å². The molecule has 128 valence electrons. The number of nitrogens with one attached hydrogen (secondary N) is 1. The zero-order valence-electron chi connectivity index (χ0n) is 14.0. The van der Waals surface area contributed by atoms with Crippen LogP contribution in [0.15, 0.2) is 18.2 Å². The monoisotopic (exact) mass is 331 g/mol. The second kappa shape index (κ2) is 7.12. The Morgan fingerprint density at radius 1 is 1.42 bits per heavy atom. The summed E-state index contributed by atoms with van der Waals surface area (Å²) in [6, 6.07) is 3.84. The number of amides is 1. The number of nitrogens with zero attached hydrogens (tertiary/aromatic N) is 3. The summed E-state index contributed by atoms with van der Waals surface area (Å²) in [6.45, 7) is 4.43. The zero-order valence-corrected chi connectivity index (χ0v) is 14.0.